The standard InChI is InChI=1S/C37H45N3O3/c1-5-6-16-34-39-32-22-21-29(35(41)38-24-26-12-8-7-9-13-26)23-33(32)40(34)25-27-17-19-28(20-18-27)30-14-10-11-15-31(30)36(42)43-37(2,3)4/h10-11,14-15,17-23,26H,5-9,12-13,16,24-25H2,1-4H3,(H,38,41). The SMILES string of the molecule is CCCCc1nc2ccc(C(=O)NCC3CCCCC3)cc2n1Cc1ccc(-c2ccccc2C(=O)OC(C)(C)C)cc1. The van der Waals surface area contributed by atoms with Crippen LogP contribution in [-0.4, -0.2) is 33.6 Å². The fourth-order valence-corrected chi connectivity index (χ4v) is 5.96. The zero-order chi connectivity index (χ0) is 30.4. The van der Waals surface area contributed by atoms with Crippen molar-refractivity contribution in [3.8, 4) is 11.1 Å². The summed E-state index contributed by atoms with van der Waals surface area (Å²) in [6, 6.07) is 21.8. The Morgan fingerprint density at radius 2 is 1.72 bits per heavy atom. The number of fused-ring (bicyclic) bond motifs is 1. The second kappa shape index (κ2) is 13.6. The van der Waals surface area contributed by atoms with Crippen molar-refractivity contribution < 1.29 is 14.3 Å². The summed E-state index contributed by atoms with van der Waals surface area (Å²) < 4.78 is 7.92. The Hall–Kier alpha value is -3.93. The van der Waals surface area contributed by atoms with E-state index in [9.17, 15) is 9.59 Å². The maximum absolute atomic E-state index is 13.1. The van der Waals surface area contributed by atoms with E-state index in [1.165, 1.54) is 32.1 Å². The van der Waals surface area contributed by atoms with Crippen molar-refractivity contribution in [2.24, 2.45) is 5.92 Å². The first kappa shape index (κ1) is 30.5. The zero-order valence-corrected chi connectivity index (χ0v) is 26.1. The summed E-state index contributed by atoms with van der Waals surface area (Å²) >= 11 is 0. The molecule has 0 saturated heterocycles. The summed E-state index contributed by atoms with van der Waals surface area (Å²) in [7, 11) is 0. The second-order valence-corrected chi connectivity index (χ2v) is 12.9. The van der Waals surface area contributed by atoms with Gasteiger partial charge < -0.3 is 14.6 Å². The van der Waals surface area contributed by atoms with Gasteiger partial charge >= 0.3 is 5.97 Å². The Labute approximate surface area is 255 Å². The molecule has 226 valence electrons. The Balaban J connectivity index is 1.39. The largest absolute Gasteiger partial charge is 0.456 e. The van der Waals surface area contributed by atoms with Gasteiger partial charge in [0.05, 0.1) is 16.6 Å². The molecular formula is C37H45N3O3. The molecule has 1 aromatic heterocycles. The molecule has 1 aliphatic carbocycles. The summed E-state index contributed by atoms with van der Waals surface area (Å²) in [5.74, 6) is 1.29. The molecule has 1 aliphatic rings. The molecule has 4 aromatic rings. The molecule has 6 heteroatoms. The van der Waals surface area contributed by atoms with Crippen LogP contribution in [-0.2, 0) is 17.7 Å². The number of benzene rings is 3. The van der Waals surface area contributed by atoms with E-state index in [-0.39, 0.29) is 11.9 Å². The van der Waals surface area contributed by atoms with Gasteiger partial charge in [-0.2, -0.15) is 0 Å². The number of nitrogens with zero attached hydrogens (tertiary/aromatic N) is 2. The van der Waals surface area contributed by atoms with E-state index in [0.29, 0.717) is 23.6 Å². The van der Waals surface area contributed by atoms with Gasteiger partial charge in [-0.15, -0.1) is 0 Å². The third-order valence-electron chi connectivity index (χ3n) is 8.27. The normalized spacial score (nSPS) is 14.1. The number of rotatable bonds is 10. The highest BCUT2D eigenvalue weighted by molar-refractivity contribution is 5.98. The van der Waals surface area contributed by atoms with Crippen LogP contribution in [0.5, 0.6) is 0 Å². The lowest BCUT2D eigenvalue weighted by molar-refractivity contribution is 0.00703. The quantitative estimate of drug-likeness (QED) is 0.192. The van der Waals surface area contributed by atoms with Crippen molar-refractivity contribution in [2.45, 2.75) is 91.2 Å². The van der Waals surface area contributed by atoms with E-state index in [0.717, 1.165) is 59.4 Å². The summed E-state index contributed by atoms with van der Waals surface area (Å²) in [5.41, 5.74) is 5.51. The number of aryl methyl sites for hydroxylation is 1. The molecule has 0 unspecified atom stereocenters. The van der Waals surface area contributed by atoms with Gasteiger partial charge in [0.2, 0.25) is 0 Å². The number of unbranched alkanes of at least 4 members (excludes halogenated alkanes) is 1. The Morgan fingerprint density at radius 3 is 2.44 bits per heavy atom. The van der Waals surface area contributed by atoms with Crippen LogP contribution in [0.1, 0.15) is 105 Å². The van der Waals surface area contributed by atoms with Crippen LogP contribution in [0.25, 0.3) is 22.2 Å². The molecule has 1 amide bonds. The number of nitrogens with one attached hydrogen (secondary N) is 1. The van der Waals surface area contributed by atoms with Gasteiger partial charge in [0.15, 0.2) is 0 Å². The van der Waals surface area contributed by atoms with Crippen LogP contribution < -0.4 is 5.32 Å². The van der Waals surface area contributed by atoms with Gasteiger partial charge in [-0.3, -0.25) is 4.79 Å². The predicted octanol–water partition coefficient (Wildman–Crippen LogP) is 8.36. The van der Waals surface area contributed by atoms with Crippen LogP contribution in [0.4, 0.5) is 0 Å². The van der Waals surface area contributed by atoms with Gasteiger partial charge in [0.1, 0.15) is 11.4 Å². The number of carbonyl (C=O) groups excluding carboxylic acids is 2. The molecule has 6 nitrogen and oxygen atoms in total. The van der Waals surface area contributed by atoms with Crippen molar-refractivity contribution in [2.75, 3.05) is 6.54 Å². The smallest absolute Gasteiger partial charge is 0.339 e. The third-order valence-corrected chi connectivity index (χ3v) is 8.27. The number of ether oxygens (including phenoxy) is 1. The van der Waals surface area contributed by atoms with E-state index in [1.807, 2.05) is 63.2 Å². The summed E-state index contributed by atoms with van der Waals surface area (Å²) in [5, 5.41) is 3.19. The monoisotopic (exact) mass is 579 g/mol. The van der Waals surface area contributed by atoms with Crippen molar-refractivity contribution >= 4 is 22.9 Å². The first-order valence-electron chi connectivity index (χ1n) is 15.9. The van der Waals surface area contributed by atoms with Crippen molar-refractivity contribution in [3.63, 3.8) is 0 Å². The molecule has 1 fully saturated rings. The minimum atomic E-state index is -0.562. The molecule has 3 aromatic carbocycles. The molecule has 0 atom stereocenters. The fourth-order valence-electron chi connectivity index (χ4n) is 5.96. The van der Waals surface area contributed by atoms with E-state index in [4.69, 9.17) is 9.72 Å². The molecule has 1 N–H and O–H groups in total. The molecule has 43 heavy (non-hydrogen) atoms. The predicted molar refractivity (Wildman–Crippen MR) is 173 cm³/mol. The Morgan fingerprint density at radius 1 is 0.977 bits per heavy atom. The minimum absolute atomic E-state index is 0.0108. The average Bonchev–Trinajstić information content (AvgIpc) is 3.35. The fraction of sp³-hybridized carbons (Fsp3) is 0.432. The zero-order valence-electron chi connectivity index (χ0n) is 26.1. The molecule has 1 heterocycles. The summed E-state index contributed by atoms with van der Waals surface area (Å²) in [6.45, 7) is 9.23. The molecule has 5 rings (SSSR count). The third kappa shape index (κ3) is 7.73. The van der Waals surface area contributed by atoms with E-state index >= 15 is 0 Å². The first-order valence-corrected chi connectivity index (χ1v) is 15.9. The molecular weight excluding hydrogens is 534 g/mol. The number of aromatic nitrogens is 2. The second-order valence-electron chi connectivity index (χ2n) is 12.9. The molecule has 1 saturated carbocycles. The van der Waals surface area contributed by atoms with Gasteiger partial charge in [-0.25, -0.2) is 9.78 Å². The average molecular weight is 580 g/mol. The molecule has 0 bridgehead atoms. The maximum atomic E-state index is 13.1. The number of amides is 1. The molecule has 0 radical (unpaired) electrons. The van der Waals surface area contributed by atoms with Crippen LogP contribution in [0.3, 0.4) is 0 Å². The number of hydrogen-bond donors (Lipinski definition) is 1. The first-order chi connectivity index (χ1) is 20.7. The topological polar surface area (TPSA) is 73.2 Å². The van der Waals surface area contributed by atoms with Gasteiger partial charge in [0.25, 0.3) is 5.91 Å². The highest BCUT2D eigenvalue weighted by atomic mass is 16.6. The Bertz CT molecular complexity index is 1560. The van der Waals surface area contributed by atoms with Crippen LogP contribution >= 0.6 is 0 Å². The van der Waals surface area contributed by atoms with Crippen molar-refractivity contribution in [3.05, 3.63) is 89.2 Å². The highest BCUT2D eigenvalue weighted by Gasteiger charge is 2.21. The van der Waals surface area contributed by atoms with Crippen LogP contribution in [0.15, 0.2) is 66.7 Å². The number of esters is 1. The lowest BCUT2D eigenvalue weighted by Gasteiger charge is -2.21. The number of hydrogen-bond acceptors (Lipinski definition) is 4. The van der Waals surface area contributed by atoms with Gasteiger partial charge in [-0.05, 0) is 86.9 Å². The van der Waals surface area contributed by atoms with Gasteiger partial charge in [-0.1, -0.05) is 75.1 Å². The lowest BCUT2D eigenvalue weighted by Crippen LogP contribution is -2.30. The van der Waals surface area contributed by atoms with Crippen molar-refractivity contribution in [1.29, 1.82) is 0 Å². The lowest BCUT2D eigenvalue weighted by atomic mass is 9.89. The summed E-state index contributed by atoms with van der Waals surface area (Å²) in [6.07, 6.45) is 9.29. The van der Waals surface area contributed by atoms with E-state index in [1.54, 1.807) is 0 Å². The van der Waals surface area contributed by atoms with Crippen LogP contribution in [0.2, 0.25) is 0 Å². The van der Waals surface area contributed by atoms with Crippen LogP contribution in [0, 0.1) is 5.92 Å². The minimum Gasteiger partial charge on any atom is -0.456 e. The van der Waals surface area contributed by atoms with Crippen molar-refractivity contribution in [1.82, 2.24) is 14.9 Å². The van der Waals surface area contributed by atoms with Gasteiger partial charge in [0, 0.05) is 25.1 Å². The molecule has 0 aliphatic heterocycles. The number of carbonyl (C=O) groups is 2. The highest BCUT2D eigenvalue weighted by Crippen LogP contribution is 2.28. The summed E-state index contributed by atoms with van der Waals surface area (Å²) in [4.78, 5) is 31.0. The van der Waals surface area contributed by atoms with E-state index < -0.39 is 5.60 Å². The maximum Gasteiger partial charge on any atom is 0.339 e. The molecule has 0 spiro atoms. The Kier molecular flexibility index (Phi) is 9.64. The number of imidazole rings is 1. The van der Waals surface area contributed by atoms with E-state index in [2.05, 4.69) is 41.1 Å².